The Balaban J connectivity index is 0.00000231. The summed E-state index contributed by atoms with van der Waals surface area (Å²) >= 11 is 0. The highest BCUT2D eigenvalue weighted by Gasteiger charge is 2.64. The Kier molecular flexibility index (Phi) is 6.56. The molecule has 3 N–H and O–H groups in total. The molecule has 0 aromatic carbocycles. The van der Waals surface area contributed by atoms with Crippen LogP contribution in [0.25, 0.3) is 0 Å². The SMILES string of the molecule is CC1=C(CC[C@H](C)CN)O[C@H]2C[C@H]3[C@@H]4CC[C@H]5C[C@@H](O)CC[C@]5(C)[C@H]4CC[C@]3(C)[C@@H]12.Cl. The van der Waals surface area contributed by atoms with Crippen LogP contribution in [0.5, 0.6) is 0 Å². The van der Waals surface area contributed by atoms with E-state index in [-0.39, 0.29) is 18.5 Å². The van der Waals surface area contributed by atoms with Gasteiger partial charge in [0.05, 0.1) is 11.9 Å². The van der Waals surface area contributed by atoms with Crippen LogP contribution in [-0.4, -0.2) is 23.9 Å². The molecule has 10 atom stereocenters. The van der Waals surface area contributed by atoms with Crippen LogP contribution in [0.15, 0.2) is 11.3 Å². The number of ether oxygens (including phenoxy) is 1. The second kappa shape index (κ2) is 8.51. The van der Waals surface area contributed by atoms with Crippen molar-refractivity contribution in [1.82, 2.24) is 0 Å². The molecule has 0 unspecified atom stereocenters. The zero-order valence-electron chi connectivity index (χ0n) is 20.2. The highest BCUT2D eigenvalue weighted by Crippen LogP contribution is 2.69. The number of fused-ring (bicyclic) bond motifs is 7. The molecule has 1 heterocycles. The van der Waals surface area contributed by atoms with Gasteiger partial charge in [-0.3, -0.25) is 0 Å². The maximum atomic E-state index is 10.3. The first-order valence-electron chi connectivity index (χ1n) is 13.0. The first-order chi connectivity index (χ1) is 14.3. The van der Waals surface area contributed by atoms with Crippen LogP contribution in [-0.2, 0) is 4.74 Å². The number of nitrogens with two attached hydrogens (primary N) is 1. The van der Waals surface area contributed by atoms with Gasteiger partial charge in [-0.25, -0.2) is 0 Å². The van der Waals surface area contributed by atoms with Gasteiger partial charge in [0.1, 0.15) is 6.10 Å². The van der Waals surface area contributed by atoms with Crippen molar-refractivity contribution in [3.63, 3.8) is 0 Å². The zero-order valence-corrected chi connectivity index (χ0v) is 21.1. The van der Waals surface area contributed by atoms with Crippen LogP contribution in [0.3, 0.4) is 0 Å². The average molecular weight is 452 g/mol. The fraction of sp³-hybridized carbons (Fsp3) is 0.926. The number of hydrogen-bond donors (Lipinski definition) is 2. The number of aliphatic hydroxyl groups is 1. The van der Waals surface area contributed by atoms with Gasteiger partial charge < -0.3 is 15.6 Å². The molecule has 5 rings (SSSR count). The third-order valence-electron chi connectivity index (χ3n) is 11.1. The highest BCUT2D eigenvalue weighted by molar-refractivity contribution is 5.85. The second-order valence-electron chi connectivity index (χ2n) is 12.5. The van der Waals surface area contributed by atoms with E-state index < -0.39 is 0 Å². The van der Waals surface area contributed by atoms with Gasteiger partial charge in [0.15, 0.2) is 0 Å². The van der Waals surface area contributed by atoms with Crippen molar-refractivity contribution >= 4 is 12.4 Å². The van der Waals surface area contributed by atoms with Crippen molar-refractivity contribution < 1.29 is 9.84 Å². The molecule has 1 aliphatic heterocycles. The summed E-state index contributed by atoms with van der Waals surface area (Å²) in [6, 6.07) is 0. The maximum absolute atomic E-state index is 10.3. The van der Waals surface area contributed by atoms with E-state index >= 15 is 0 Å². The Morgan fingerprint density at radius 3 is 2.55 bits per heavy atom. The molecule has 0 amide bonds. The Labute approximate surface area is 196 Å². The topological polar surface area (TPSA) is 55.5 Å². The van der Waals surface area contributed by atoms with Gasteiger partial charge in [-0.05, 0) is 117 Å². The largest absolute Gasteiger partial charge is 0.494 e. The number of hydrogen-bond acceptors (Lipinski definition) is 3. The van der Waals surface area contributed by atoms with Crippen molar-refractivity contribution in [3.05, 3.63) is 11.3 Å². The van der Waals surface area contributed by atoms with Crippen LogP contribution >= 0.6 is 12.4 Å². The van der Waals surface area contributed by atoms with Crippen LogP contribution in [0.1, 0.15) is 91.9 Å². The lowest BCUT2D eigenvalue weighted by Crippen LogP contribution is -2.54. The molecule has 0 bridgehead atoms. The second-order valence-corrected chi connectivity index (χ2v) is 12.5. The Bertz CT molecular complexity index is 709. The Morgan fingerprint density at radius 1 is 1.06 bits per heavy atom. The first kappa shape index (κ1) is 23.9. The molecule has 4 aliphatic carbocycles. The lowest BCUT2D eigenvalue weighted by Gasteiger charge is -2.60. The molecule has 31 heavy (non-hydrogen) atoms. The van der Waals surface area contributed by atoms with Crippen molar-refractivity contribution in [2.75, 3.05) is 6.54 Å². The van der Waals surface area contributed by atoms with Gasteiger partial charge in [-0.15, -0.1) is 12.4 Å². The summed E-state index contributed by atoms with van der Waals surface area (Å²) in [6.45, 7) is 10.6. The smallest absolute Gasteiger partial charge is 0.106 e. The molecule has 4 fully saturated rings. The van der Waals surface area contributed by atoms with Gasteiger partial charge in [0.2, 0.25) is 0 Å². The molecule has 4 saturated carbocycles. The minimum absolute atomic E-state index is 0. The zero-order chi connectivity index (χ0) is 21.3. The van der Waals surface area contributed by atoms with E-state index in [2.05, 4.69) is 27.7 Å². The summed E-state index contributed by atoms with van der Waals surface area (Å²) in [5.41, 5.74) is 8.32. The highest BCUT2D eigenvalue weighted by atomic mass is 35.5. The normalized spacial score (nSPS) is 49.3. The number of halogens is 1. The molecule has 178 valence electrons. The third kappa shape index (κ3) is 3.60. The minimum Gasteiger partial charge on any atom is -0.494 e. The van der Waals surface area contributed by atoms with E-state index in [4.69, 9.17) is 10.5 Å². The monoisotopic (exact) mass is 451 g/mol. The van der Waals surface area contributed by atoms with E-state index in [0.29, 0.717) is 28.8 Å². The quantitative estimate of drug-likeness (QED) is 0.544. The molecular formula is C27H46ClNO2. The Hall–Kier alpha value is -0.250. The van der Waals surface area contributed by atoms with E-state index in [1.54, 1.807) is 5.57 Å². The van der Waals surface area contributed by atoms with Crippen LogP contribution in [0.2, 0.25) is 0 Å². The molecule has 0 spiro atoms. The predicted molar refractivity (Wildman–Crippen MR) is 129 cm³/mol. The molecular weight excluding hydrogens is 406 g/mol. The van der Waals surface area contributed by atoms with Gasteiger partial charge in [-0.2, -0.15) is 0 Å². The van der Waals surface area contributed by atoms with Gasteiger partial charge in [0, 0.05) is 12.3 Å². The first-order valence-corrected chi connectivity index (χ1v) is 13.0. The van der Waals surface area contributed by atoms with Crippen molar-refractivity contribution in [1.29, 1.82) is 0 Å². The number of aliphatic hydroxyl groups excluding tert-OH is 1. The molecule has 0 aromatic rings. The summed E-state index contributed by atoms with van der Waals surface area (Å²) in [4.78, 5) is 0. The Morgan fingerprint density at radius 2 is 1.81 bits per heavy atom. The summed E-state index contributed by atoms with van der Waals surface area (Å²) in [6.07, 6.45) is 12.7. The van der Waals surface area contributed by atoms with Gasteiger partial charge in [-0.1, -0.05) is 20.8 Å². The van der Waals surface area contributed by atoms with Crippen LogP contribution < -0.4 is 5.73 Å². The lowest BCUT2D eigenvalue weighted by atomic mass is 9.44. The van der Waals surface area contributed by atoms with Crippen LogP contribution in [0.4, 0.5) is 0 Å². The summed E-state index contributed by atoms with van der Waals surface area (Å²) in [5, 5.41) is 10.3. The molecule has 3 nitrogen and oxygen atoms in total. The molecule has 0 aromatic heterocycles. The van der Waals surface area contributed by atoms with E-state index in [1.165, 1.54) is 44.3 Å². The molecule has 0 saturated heterocycles. The van der Waals surface area contributed by atoms with Crippen LogP contribution in [0, 0.1) is 46.3 Å². The van der Waals surface area contributed by atoms with Gasteiger partial charge in [0.25, 0.3) is 0 Å². The number of rotatable bonds is 4. The maximum Gasteiger partial charge on any atom is 0.106 e. The predicted octanol–water partition coefficient (Wildman–Crippen LogP) is 6.09. The molecule has 5 aliphatic rings. The summed E-state index contributed by atoms with van der Waals surface area (Å²) in [5.74, 6) is 5.86. The standard InChI is InChI=1S/C27H45NO2.ClH/c1-16(15-28)5-8-23-17(2)25-24(30-23)14-22-20-7-6-18-13-19(29)9-11-26(18,3)21(20)10-12-27(22,25)4;/h16,18-22,24-25,29H,5-15,28H2,1-4H3;1H/t16-,18-,19-,20+,21-,22-,24-,25-,26-,27-;/m0./s1. The van der Waals surface area contributed by atoms with E-state index in [1.807, 2.05) is 0 Å². The molecule has 4 heteroatoms. The van der Waals surface area contributed by atoms with Crippen molar-refractivity contribution in [2.45, 2.75) is 104 Å². The lowest BCUT2D eigenvalue weighted by molar-refractivity contribution is -0.124. The number of allylic oxidation sites excluding steroid dienone is 1. The average Bonchev–Trinajstić information content (AvgIpc) is 3.20. The molecule has 0 radical (unpaired) electrons. The minimum atomic E-state index is -0.0408. The third-order valence-corrected chi connectivity index (χ3v) is 11.1. The van der Waals surface area contributed by atoms with E-state index in [0.717, 1.165) is 55.9 Å². The van der Waals surface area contributed by atoms with Crippen molar-refractivity contribution in [3.8, 4) is 0 Å². The van der Waals surface area contributed by atoms with Crippen molar-refractivity contribution in [2.24, 2.45) is 52.1 Å². The summed E-state index contributed by atoms with van der Waals surface area (Å²) in [7, 11) is 0. The van der Waals surface area contributed by atoms with E-state index in [9.17, 15) is 5.11 Å². The summed E-state index contributed by atoms with van der Waals surface area (Å²) < 4.78 is 6.68. The van der Waals surface area contributed by atoms with Gasteiger partial charge >= 0.3 is 0 Å². The fourth-order valence-corrected chi connectivity index (χ4v) is 9.31. The fourth-order valence-electron chi connectivity index (χ4n) is 9.31.